The van der Waals surface area contributed by atoms with E-state index in [-0.39, 0.29) is 11.4 Å². The van der Waals surface area contributed by atoms with Crippen LogP contribution in [0, 0.1) is 0 Å². The Morgan fingerprint density at radius 3 is 2.65 bits per heavy atom. The summed E-state index contributed by atoms with van der Waals surface area (Å²) in [5, 5.41) is 6.04. The van der Waals surface area contributed by atoms with Crippen LogP contribution in [0.1, 0.15) is 18.5 Å². The lowest BCUT2D eigenvalue weighted by atomic mass is 9.82. The molecular formula is C24H28N6O. The molecule has 0 aliphatic carbocycles. The third kappa shape index (κ3) is 3.10. The molecule has 1 aromatic carbocycles. The van der Waals surface area contributed by atoms with E-state index in [1.165, 1.54) is 5.69 Å². The van der Waals surface area contributed by atoms with Gasteiger partial charge in [-0.15, -0.1) is 0 Å². The molecule has 2 amide bonds. The second-order valence-electron chi connectivity index (χ2n) is 9.33. The fourth-order valence-electron chi connectivity index (χ4n) is 5.46. The molecule has 1 atom stereocenters. The maximum atomic E-state index is 13.1. The van der Waals surface area contributed by atoms with Gasteiger partial charge < -0.3 is 14.7 Å². The van der Waals surface area contributed by atoms with Crippen molar-refractivity contribution in [2.75, 3.05) is 46.3 Å². The average molecular weight is 417 g/mol. The summed E-state index contributed by atoms with van der Waals surface area (Å²) in [6.45, 7) is 6.14. The van der Waals surface area contributed by atoms with E-state index in [2.05, 4.69) is 44.7 Å². The summed E-state index contributed by atoms with van der Waals surface area (Å²) in [6.07, 6.45) is 4.01. The van der Waals surface area contributed by atoms with Crippen LogP contribution in [-0.2, 0) is 12.0 Å². The zero-order valence-electron chi connectivity index (χ0n) is 18.0. The lowest BCUT2D eigenvalue weighted by Crippen LogP contribution is -2.51. The summed E-state index contributed by atoms with van der Waals surface area (Å²) in [7, 11) is 2.12. The van der Waals surface area contributed by atoms with Gasteiger partial charge in [0.15, 0.2) is 0 Å². The van der Waals surface area contributed by atoms with Crippen molar-refractivity contribution < 1.29 is 4.79 Å². The number of rotatable bonds is 1. The maximum Gasteiger partial charge on any atom is 0.320 e. The molecule has 0 radical (unpaired) electrons. The van der Waals surface area contributed by atoms with Gasteiger partial charge in [-0.1, -0.05) is 18.2 Å². The van der Waals surface area contributed by atoms with Crippen LogP contribution in [0.25, 0.3) is 22.2 Å². The Morgan fingerprint density at radius 1 is 0.968 bits per heavy atom. The van der Waals surface area contributed by atoms with Crippen molar-refractivity contribution in [3.05, 3.63) is 48.3 Å². The van der Waals surface area contributed by atoms with E-state index in [0.717, 1.165) is 80.8 Å². The van der Waals surface area contributed by atoms with Crippen molar-refractivity contribution in [2.24, 2.45) is 0 Å². The standard InChI is InChI=1S/C24H28N6O/c1-27-10-12-28(13-11-27)23(31)29-8-6-24(17-29)7-9-30-22(24)15-21(26-30)19-14-18-4-2-3-5-20(18)25-16-19/h2-5,14-16H,6-13,17H2,1H3. The molecule has 2 fully saturated rings. The highest BCUT2D eigenvalue weighted by Gasteiger charge is 2.47. The van der Waals surface area contributed by atoms with E-state index < -0.39 is 0 Å². The van der Waals surface area contributed by atoms with Gasteiger partial charge in [-0.2, -0.15) is 5.10 Å². The van der Waals surface area contributed by atoms with Crippen LogP contribution in [0.2, 0.25) is 0 Å². The number of hydrogen-bond acceptors (Lipinski definition) is 4. The van der Waals surface area contributed by atoms with Crippen LogP contribution < -0.4 is 0 Å². The SMILES string of the molecule is CN1CCN(C(=O)N2CCC3(CCn4nc(-c5cnc6ccccc6c5)cc43)C2)CC1. The highest BCUT2D eigenvalue weighted by molar-refractivity contribution is 5.82. The van der Waals surface area contributed by atoms with Crippen molar-refractivity contribution in [1.29, 1.82) is 0 Å². The van der Waals surface area contributed by atoms with E-state index in [9.17, 15) is 4.79 Å². The van der Waals surface area contributed by atoms with Gasteiger partial charge in [0.25, 0.3) is 0 Å². The summed E-state index contributed by atoms with van der Waals surface area (Å²) < 4.78 is 2.16. The van der Waals surface area contributed by atoms with Gasteiger partial charge in [0.1, 0.15) is 0 Å². The molecule has 0 bridgehead atoms. The van der Waals surface area contributed by atoms with E-state index >= 15 is 0 Å². The zero-order chi connectivity index (χ0) is 21.0. The molecule has 1 unspecified atom stereocenters. The van der Waals surface area contributed by atoms with Crippen LogP contribution in [0.5, 0.6) is 0 Å². The van der Waals surface area contributed by atoms with Crippen LogP contribution in [0.4, 0.5) is 4.79 Å². The monoisotopic (exact) mass is 416 g/mol. The average Bonchev–Trinajstić information content (AvgIpc) is 3.50. The molecular weight excluding hydrogens is 388 g/mol. The Morgan fingerprint density at radius 2 is 1.77 bits per heavy atom. The molecule has 0 N–H and O–H groups in total. The van der Waals surface area contributed by atoms with Crippen molar-refractivity contribution in [3.8, 4) is 11.3 Å². The Kier molecular flexibility index (Phi) is 4.28. The largest absolute Gasteiger partial charge is 0.324 e. The molecule has 0 saturated carbocycles. The number of carbonyl (C=O) groups excluding carboxylic acids is 1. The summed E-state index contributed by atoms with van der Waals surface area (Å²) in [5.74, 6) is 0. The number of benzene rings is 1. The predicted molar refractivity (Wildman–Crippen MR) is 120 cm³/mol. The molecule has 160 valence electrons. The highest BCUT2D eigenvalue weighted by atomic mass is 16.2. The first-order valence-electron chi connectivity index (χ1n) is 11.3. The van der Waals surface area contributed by atoms with Gasteiger partial charge in [-0.3, -0.25) is 9.67 Å². The second-order valence-corrected chi connectivity index (χ2v) is 9.33. The fraction of sp³-hybridized carbons (Fsp3) is 0.458. The molecule has 7 nitrogen and oxygen atoms in total. The second kappa shape index (κ2) is 7.05. The van der Waals surface area contributed by atoms with E-state index in [0.29, 0.717) is 0 Å². The summed E-state index contributed by atoms with van der Waals surface area (Å²) in [5.41, 5.74) is 4.36. The van der Waals surface area contributed by atoms with Crippen LogP contribution in [0.3, 0.4) is 0 Å². The molecule has 3 aliphatic rings. The first kappa shape index (κ1) is 18.8. The van der Waals surface area contributed by atoms with E-state index in [1.54, 1.807) is 0 Å². The molecule has 2 saturated heterocycles. The number of aryl methyl sites for hydroxylation is 1. The van der Waals surface area contributed by atoms with Crippen molar-refractivity contribution >= 4 is 16.9 Å². The quantitative estimate of drug-likeness (QED) is 0.612. The minimum atomic E-state index is 0.0394. The van der Waals surface area contributed by atoms with Crippen LogP contribution in [0.15, 0.2) is 42.6 Å². The Bertz CT molecular complexity index is 1150. The number of amides is 2. The summed E-state index contributed by atoms with van der Waals surface area (Å²) >= 11 is 0. The summed E-state index contributed by atoms with van der Waals surface area (Å²) in [4.78, 5) is 24.1. The van der Waals surface area contributed by atoms with Crippen LogP contribution in [-0.4, -0.2) is 81.8 Å². The molecule has 31 heavy (non-hydrogen) atoms. The molecule has 7 heteroatoms. The molecule has 5 heterocycles. The van der Waals surface area contributed by atoms with Gasteiger partial charge >= 0.3 is 6.03 Å². The number of carbonyl (C=O) groups is 1. The van der Waals surface area contributed by atoms with Gasteiger partial charge in [-0.25, -0.2) is 4.79 Å². The molecule has 2 aromatic heterocycles. The zero-order valence-corrected chi connectivity index (χ0v) is 18.0. The van der Waals surface area contributed by atoms with Gasteiger partial charge in [0.05, 0.1) is 11.2 Å². The minimum absolute atomic E-state index is 0.0394. The number of likely N-dealkylation sites (tertiary alicyclic amines) is 1. The van der Waals surface area contributed by atoms with Crippen molar-refractivity contribution in [1.82, 2.24) is 29.5 Å². The normalized spacial score (nSPS) is 23.8. The first-order valence-corrected chi connectivity index (χ1v) is 11.3. The van der Waals surface area contributed by atoms with Gasteiger partial charge in [0, 0.05) is 74.1 Å². The number of likely N-dealkylation sites (N-methyl/N-ethyl adjacent to an activating group) is 1. The smallest absolute Gasteiger partial charge is 0.320 e. The van der Waals surface area contributed by atoms with E-state index in [1.807, 2.05) is 29.3 Å². The van der Waals surface area contributed by atoms with Gasteiger partial charge in [0.2, 0.25) is 0 Å². The molecule has 3 aliphatic heterocycles. The van der Waals surface area contributed by atoms with Gasteiger partial charge in [-0.05, 0) is 38.1 Å². The lowest BCUT2D eigenvalue weighted by molar-refractivity contribution is 0.127. The number of nitrogens with zero attached hydrogens (tertiary/aromatic N) is 6. The Hall–Kier alpha value is -2.93. The maximum absolute atomic E-state index is 13.1. The fourth-order valence-corrected chi connectivity index (χ4v) is 5.46. The number of para-hydroxylation sites is 1. The van der Waals surface area contributed by atoms with Crippen LogP contribution >= 0.6 is 0 Å². The predicted octanol–water partition coefficient (Wildman–Crippen LogP) is 2.81. The Balaban J connectivity index is 1.24. The lowest BCUT2D eigenvalue weighted by Gasteiger charge is -2.35. The number of hydrogen-bond donors (Lipinski definition) is 0. The summed E-state index contributed by atoms with van der Waals surface area (Å²) in [6, 6.07) is 12.8. The highest BCUT2D eigenvalue weighted by Crippen LogP contribution is 2.44. The molecule has 6 rings (SSSR count). The number of pyridine rings is 1. The number of fused-ring (bicyclic) bond motifs is 3. The number of piperazine rings is 1. The first-order chi connectivity index (χ1) is 15.1. The number of aromatic nitrogens is 3. The van der Waals surface area contributed by atoms with Crippen molar-refractivity contribution in [3.63, 3.8) is 0 Å². The third-order valence-electron chi connectivity index (χ3n) is 7.41. The van der Waals surface area contributed by atoms with E-state index in [4.69, 9.17) is 5.10 Å². The topological polar surface area (TPSA) is 57.5 Å². The third-order valence-corrected chi connectivity index (χ3v) is 7.41. The minimum Gasteiger partial charge on any atom is -0.324 e. The Labute approximate surface area is 182 Å². The number of urea groups is 1. The molecule has 1 spiro atoms. The van der Waals surface area contributed by atoms with Crippen molar-refractivity contribution in [2.45, 2.75) is 24.8 Å². The molecule has 3 aromatic rings.